The minimum Gasteiger partial charge on any atom is -0.379 e. The van der Waals surface area contributed by atoms with Crippen LogP contribution in [0, 0.1) is 0 Å². The van der Waals surface area contributed by atoms with Gasteiger partial charge in [0.1, 0.15) is 0 Å². The fourth-order valence-electron chi connectivity index (χ4n) is 2.92. The predicted molar refractivity (Wildman–Crippen MR) is 97.9 cm³/mol. The first-order valence-corrected chi connectivity index (χ1v) is 8.83. The van der Waals surface area contributed by atoms with Gasteiger partial charge in [0.2, 0.25) is 5.95 Å². The van der Waals surface area contributed by atoms with Gasteiger partial charge in [0.15, 0.2) is 0 Å². The molecule has 0 saturated carbocycles. The molecule has 3 rings (SSSR count). The van der Waals surface area contributed by atoms with E-state index in [0.717, 1.165) is 25.2 Å². The zero-order chi connectivity index (χ0) is 18.2. The van der Waals surface area contributed by atoms with Crippen molar-refractivity contribution < 1.29 is 9.53 Å². The minimum atomic E-state index is -0.180. The molecule has 1 saturated heterocycles. The summed E-state index contributed by atoms with van der Waals surface area (Å²) in [4.78, 5) is 27.2. The van der Waals surface area contributed by atoms with Gasteiger partial charge in [0, 0.05) is 51.0 Å². The molecule has 1 atom stereocenters. The van der Waals surface area contributed by atoms with Crippen molar-refractivity contribution in [1.82, 2.24) is 25.2 Å². The van der Waals surface area contributed by atoms with Crippen LogP contribution in [0.5, 0.6) is 0 Å². The molecule has 0 radical (unpaired) electrons. The molecule has 0 spiro atoms. The van der Waals surface area contributed by atoms with Crippen molar-refractivity contribution in [3.05, 3.63) is 48.0 Å². The number of rotatable bonds is 7. The van der Waals surface area contributed by atoms with Crippen LogP contribution in [-0.4, -0.2) is 65.2 Å². The molecule has 1 fully saturated rings. The van der Waals surface area contributed by atoms with E-state index in [1.54, 1.807) is 12.4 Å². The lowest BCUT2D eigenvalue weighted by atomic mass is 10.1. The number of ether oxygens (including phenoxy) is 1. The Morgan fingerprint density at radius 1 is 1.23 bits per heavy atom. The third-order valence-corrected chi connectivity index (χ3v) is 4.28. The molecule has 8 nitrogen and oxygen atoms in total. The Hall–Kier alpha value is -2.58. The molecule has 0 bridgehead atoms. The second kappa shape index (κ2) is 9.21. The third kappa shape index (κ3) is 4.74. The van der Waals surface area contributed by atoms with E-state index in [1.807, 2.05) is 19.1 Å². The van der Waals surface area contributed by atoms with Gasteiger partial charge in [0.25, 0.3) is 5.91 Å². The number of nitrogens with one attached hydrogen (secondary N) is 2. The van der Waals surface area contributed by atoms with Crippen molar-refractivity contribution in [2.75, 3.05) is 44.7 Å². The van der Waals surface area contributed by atoms with Crippen LogP contribution in [0.15, 0.2) is 36.9 Å². The van der Waals surface area contributed by atoms with Gasteiger partial charge in [-0.25, -0.2) is 9.97 Å². The Bertz CT molecular complexity index is 689. The average molecular weight is 356 g/mol. The van der Waals surface area contributed by atoms with Crippen LogP contribution in [-0.2, 0) is 4.74 Å². The number of carbonyl (C=O) groups is 1. The third-order valence-electron chi connectivity index (χ3n) is 4.28. The molecule has 2 N–H and O–H groups in total. The van der Waals surface area contributed by atoms with Crippen LogP contribution in [0.2, 0.25) is 0 Å². The lowest BCUT2D eigenvalue weighted by Gasteiger charge is -2.34. The van der Waals surface area contributed by atoms with Gasteiger partial charge in [-0.05, 0) is 24.6 Å². The van der Waals surface area contributed by atoms with Crippen LogP contribution in [0.25, 0.3) is 0 Å². The lowest BCUT2D eigenvalue weighted by Crippen LogP contribution is -2.43. The van der Waals surface area contributed by atoms with Crippen LogP contribution < -0.4 is 10.6 Å². The summed E-state index contributed by atoms with van der Waals surface area (Å²) in [5, 5.41) is 6.01. The predicted octanol–water partition coefficient (Wildman–Crippen LogP) is 1.11. The highest BCUT2D eigenvalue weighted by molar-refractivity contribution is 5.93. The molecule has 2 aromatic heterocycles. The van der Waals surface area contributed by atoms with Gasteiger partial charge in [-0.2, -0.15) is 0 Å². The monoisotopic (exact) mass is 356 g/mol. The van der Waals surface area contributed by atoms with Crippen LogP contribution >= 0.6 is 0 Å². The summed E-state index contributed by atoms with van der Waals surface area (Å²) < 4.78 is 5.45. The second-order valence-electron chi connectivity index (χ2n) is 5.98. The molecule has 26 heavy (non-hydrogen) atoms. The van der Waals surface area contributed by atoms with E-state index < -0.39 is 0 Å². The number of hydrogen-bond acceptors (Lipinski definition) is 7. The van der Waals surface area contributed by atoms with E-state index in [1.165, 1.54) is 12.4 Å². The maximum atomic E-state index is 12.5. The molecule has 0 aromatic carbocycles. The molecule has 8 heteroatoms. The van der Waals surface area contributed by atoms with Crippen LogP contribution in [0.1, 0.15) is 28.9 Å². The maximum Gasteiger partial charge on any atom is 0.254 e. The second-order valence-corrected chi connectivity index (χ2v) is 5.98. The average Bonchev–Trinajstić information content (AvgIpc) is 2.70. The number of amides is 1. The van der Waals surface area contributed by atoms with Gasteiger partial charge in [-0.15, -0.1) is 0 Å². The molecule has 1 aliphatic heterocycles. The molecule has 0 aliphatic carbocycles. The first kappa shape index (κ1) is 18.2. The largest absolute Gasteiger partial charge is 0.379 e. The van der Waals surface area contributed by atoms with Crippen molar-refractivity contribution in [3.8, 4) is 0 Å². The molecule has 1 amide bonds. The molecule has 2 aromatic rings. The highest BCUT2D eigenvalue weighted by Gasteiger charge is 2.23. The molecule has 138 valence electrons. The summed E-state index contributed by atoms with van der Waals surface area (Å²) in [6.45, 7) is 6.28. The number of morpholine rings is 1. The van der Waals surface area contributed by atoms with Gasteiger partial charge in [-0.3, -0.25) is 14.7 Å². The number of nitrogens with zero attached hydrogens (tertiary/aromatic N) is 4. The highest BCUT2D eigenvalue weighted by Crippen LogP contribution is 2.20. The summed E-state index contributed by atoms with van der Waals surface area (Å²) in [5.41, 5.74) is 1.57. The Kier molecular flexibility index (Phi) is 6.45. The summed E-state index contributed by atoms with van der Waals surface area (Å²) in [5.74, 6) is 0.340. The smallest absolute Gasteiger partial charge is 0.254 e. The lowest BCUT2D eigenvalue weighted by molar-refractivity contribution is 0.0162. The topological polar surface area (TPSA) is 92.3 Å². The van der Waals surface area contributed by atoms with Gasteiger partial charge >= 0.3 is 0 Å². The molecular formula is C18H24N6O2. The summed E-state index contributed by atoms with van der Waals surface area (Å²) in [6, 6.07) is 4.05. The fraction of sp³-hybridized carbons (Fsp3) is 0.444. The Balaban J connectivity index is 1.65. The number of aromatic nitrogens is 3. The fourth-order valence-corrected chi connectivity index (χ4v) is 2.92. The normalized spacial score (nSPS) is 16.0. The van der Waals surface area contributed by atoms with Gasteiger partial charge in [0.05, 0.1) is 24.8 Å². The van der Waals surface area contributed by atoms with E-state index in [0.29, 0.717) is 31.3 Å². The van der Waals surface area contributed by atoms with E-state index in [4.69, 9.17) is 4.74 Å². The number of carbonyl (C=O) groups excluding carboxylic acids is 1. The maximum absolute atomic E-state index is 12.5. The van der Waals surface area contributed by atoms with E-state index in [-0.39, 0.29) is 11.9 Å². The Morgan fingerprint density at radius 2 is 1.92 bits per heavy atom. The van der Waals surface area contributed by atoms with Crippen molar-refractivity contribution in [1.29, 1.82) is 0 Å². The summed E-state index contributed by atoms with van der Waals surface area (Å²) >= 11 is 0. The number of anilines is 1. The standard InChI is InChI=1S/C18H24N6O2/c1-2-20-18-22-11-15(12-23-18)17(25)21-13-16(14-3-5-19-6-4-14)24-7-9-26-10-8-24/h3-6,11-12,16H,2,7-10,13H2,1H3,(H,21,25)(H,20,22,23)/t16-/m0/s1. The van der Waals surface area contributed by atoms with Crippen LogP contribution in [0.3, 0.4) is 0 Å². The van der Waals surface area contributed by atoms with Crippen molar-refractivity contribution in [2.24, 2.45) is 0 Å². The van der Waals surface area contributed by atoms with Crippen molar-refractivity contribution in [3.63, 3.8) is 0 Å². The number of pyridine rings is 1. The van der Waals surface area contributed by atoms with Gasteiger partial charge in [-0.1, -0.05) is 0 Å². The summed E-state index contributed by atoms with van der Waals surface area (Å²) in [7, 11) is 0. The van der Waals surface area contributed by atoms with E-state index in [2.05, 4.69) is 30.5 Å². The molecular weight excluding hydrogens is 332 g/mol. The zero-order valence-electron chi connectivity index (χ0n) is 14.9. The minimum absolute atomic E-state index is 0.0767. The molecule has 0 unspecified atom stereocenters. The van der Waals surface area contributed by atoms with Crippen LogP contribution in [0.4, 0.5) is 5.95 Å². The Morgan fingerprint density at radius 3 is 2.58 bits per heavy atom. The molecule has 3 heterocycles. The Labute approximate surface area is 153 Å². The van der Waals surface area contributed by atoms with E-state index >= 15 is 0 Å². The SMILES string of the molecule is CCNc1ncc(C(=O)NC[C@@H](c2ccncc2)N2CCOCC2)cn1. The van der Waals surface area contributed by atoms with E-state index in [9.17, 15) is 4.79 Å². The quantitative estimate of drug-likeness (QED) is 0.768. The zero-order valence-corrected chi connectivity index (χ0v) is 14.9. The first-order valence-electron chi connectivity index (χ1n) is 8.83. The first-order chi connectivity index (χ1) is 12.8. The number of hydrogen-bond donors (Lipinski definition) is 2. The highest BCUT2D eigenvalue weighted by atomic mass is 16.5. The molecule has 1 aliphatic rings. The van der Waals surface area contributed by atoms with Crippen molar-refractivity contribution in [2.45, 2.75) is 13.0 Å². The van der Waals surface area contributed by atoms with Crippen molar-refractivity contribution >= 4 is 11.9 Å². The van der Waals surface area contributed by atoms with Gasteiger partial charge < -0.3 is 15.4 Å². The summed E-state index contributed by atoms with van der Waals surface area (Å²) in [6.07, 6.45) is 6.63.